The first kappa shape index (κ1) is 17.7. The van der Waals surface area contributed by atoms with Crippen LogP contribution in [0.5, 0.6) is 0 Å². The zero-order valence-electron chi connectivity index (χ0n) is 15.0. The van der Waals surface area contributed by atoms with E-state index in [0.29, 0.717) is 24.8 Å². The van der Waals surface area contributed by atoms with E-state index < -0.39 is 0 Å². The molecule has 4 heteroatoms. The Kier molecular flexibility index (Phi) is 6.75. The SMILES string of the molecule is CC1CCCCC1OCCN1CCCC1CN1CCCC1CO. The number of aliphatic hydroxyl groups is 1. The first-order valence-corrected chi connectivity index (χ1v) is 9.98. The minimum Gasteiger partial charge on any atom is -0.395 e. The van der Waals surface area contributed by atoms with Crippen molar-refractivity contribution in [2.45, 2.75) is 76.5 Å². The van der Waals surface area contributed by atoms with E-state index in [1.165, 1.54) is 64.5 Å². The Morgan fingerprint density at radius 2 is 1.65 bits per heavy atom. The molecule has 3 fully saturated rings. The van der Waals surface area contributed by atoms with Crippen molar-refractivity contribution in [3.05, 3.63) is 0 Å². The molecule has 3 rings (SSSR count). The highest BCUT2D eigenvalue weighted by Gasteiger charge is 2.31. The van der Waals surface area contributed by atoms with Crippen LogP contribution in [0.4, 0.5) is 0 Å². The van der Waals surface area contributed by atoms with Gasteiger partial charge in [0.05, 0.1) is 19.3 Å². The van der Waals surface area contributed by atoms with Crippen LogP contribution in [0, 0.1) is 5.92 Å². The van der Waals surface area contributed by atoms with Crippen LogP contribution in [0.15, 0.2) is 0 Å². The molecular formula is C19H36N2O2. The molecule has 0 spiro atoms. The summed E-state index contributed by atoms with van der Waals surface area (Å²) in [5.41, 5.74) is 0. The molecule has 4 unspecified atom stereocenters. The van der Waals surface area contributed by atoms with Crippen molar-refractivity contribution in [2.24, 2.45) is 5.92 Å². The Morgan fingerprint density at radius 1 is 0.913 bits per heavy atom. The predicted molar refractivity (Wildman–Crippen MR) is 93.6 cm³/mol. The zero-order chi connectivity index (χ0) is 16.1. The summed E-state index contributed by atoms with van der Waals surface area (Å²) < 4.78 is 6.22. The quantitative estimate of drug-likeness (QED) is 0.780. The van der Waals surface area contributed by atoms with E-state index >= 15 is 0 Å². The van der Waals surface area contributed by atoms with E-state index in [1.807, 2.05) is 0 Å². The number of likely N-dealkylation sites (tertiary alicyclic amines) is 2. The molecule has 4 atom stereocenters. The van der Waals surface area contributed by atoms with Gasteiger partial charge in [-0.25, -0.2) is 0 Å². The van der Waals surface area contributed by atoms with Crippen LogP contribution in [-0.2, 0) is 4.74 Å². The van der Waals surface area contributed by atoms with Gasteiger partial charge in [0.1, 0.15) is 0 Å². The van der Waals surface area contributed by atoms with Crippen molar-refractivity contribution in [2.75, 3.05) is 39.4 Å². The number of hydrogen-bond donors (Lipinski definition) is 1. The smallest absolute Gasteiger partial charge is 0.0601 e. The molecule has 2 aliphatic heterocycles. The highest BCUT2D eigenvalue weighted by molar-refractivity contribution is 4.87. The van der Waals surface area contributed by atoms with Crippen LogP contribution in [0.2, 0.25) is 0 Å². The van der Waals surface area contributed by atoms with Crippen LogP contribution >= 0.6 is 0 Å². The summed E-state index contributed by atoms with van der Waals surface area (Å²) >= 11 is 0. The van der Waals surface area contributed by atoms with Gasteiger partial charge in [-0.15, -0.1) is 0 Å². The zero-order valence-corrected chi connectivity index (χ0v) is 15.0. The second-order valence-electron chi connectivity index (χ2n) is 7.98. The largest absolute Gasteiger partial charge is 0.395 e. The number of aliphatic hydroxyl groups excluding tert-OH is 1. The number of hydrogen-bond acceptors (Lipinski definition) is 4. The third-order valence-electron chi connectivity index (χ3n) is 6.40. The van der Waals surface area contributed by atoms with Gasteiger partial charge >= 0.3 is 0 Å². The lowest BCUT2D eigenvalue weighted by molar-refractivity contribution is -0.0163. The van der Waals surface area contributed by atoms with Gasteiger partial charge in [-0.3, -0.25) is 9.80 Å². The molecule has 23 heavy (non-hydrogen) atoms. The average Bonchev–Trinajstić information content (AvgIpc) is 3.19. The van der Waals surface area contributed by atoms with Crippen LogP contribution in [0.25, 0.3) is 0 Å². The maximum absolute atomic E-state index is 9.51. The third-order valence-corrected chi connectivity index (χ3v) is 6.40. The fourth-order valence-corrected chi connectivity index (χ4v) is 4.86. The summed E-state index contributed by atoms with van der Waals surface area (Å²) in [6, 6.07) is 1.09. The lowest BCUT2D eigenvalue weighted by Gasteiger charge is -2.33. The third kappa shape index (κ3) is 4.68. The Hall–Kier alpha value is -0.160. The molecule has 0 radical (unpaired) electrons. The Morgan fingerprint density at radius 3 is 2.43 bits per heavy atom. The molecule has 0 bridgehead atoms. The van der Waals surface area contributed by atoms with Crippen LogP contribution in [-0.4, -0.2) is 72.5 Å². The standard InChI is InChI=1S/C19H36N2O2/c1-16-6-2-3-9-19(16)23-13-12-20-10-4-7-17(20)14-21-11-5-8-18(21)15-22/h16-19,22H,2-15H2,1H3. The van der Waals surface area contributed by atoms with Gasteiger partial charge in [-0.05, 0) is 57.5 Å². The normalized spacial score (nSPS) is 36.8. The molecule has 1 N–H and O–H groups in total. The summed E-state index contributed by atoms with van der Waals surface area (Å²) in [6.45, 7) is 8.21. The predicted octanol–water partition coefficient (Wildman–Crippen LogP) is 2.50. The molecule has 1 saturated carbocycles. The minimum atomic E-state index is 0.329. The van der Waals surface area contributed by atoms with Gasteiger partial charge in [0.25, 0.3) is 0 Å². The molecule has 1 aliphatic carbocycles. The fraction of sp³-hybridized carbons (Fsp3) is 1.00. The molecule has 0 amide bonds. The second-order valence-corrected chi connectivity index (χ2v) is 7.98. The molecule has 0 aromatic carbocycles. The molecule has 2 saturated heterocycles. The first-order chi connectivity index (χ1) is 11.3. The summed E-state index contributed by atoms with van der Waals surface area (Å²) in [5.74, 6) is 0.744. The number of ether oxygens (including phenoxy) is 1. The van der Waals surface area contributed by atoms with Gasteiger partial charge in [0.15, 0.2) is 0 Å². The first-order valence-electron chi connectivity index (χ1n) is 9.98. The van der Waals surface area contributed by atoms with Crippen molar-refractivity contribution in [3.63, 3.8) is 0 Å². The Balaban J connectivity index is 1.40. The van der Waals surface area contributed by atoms with Gasteiger partial charge in [0.2, 0.25) is 0 Å². The summed E-state index contributed by atoms with van der Waals surface area (Å²) in [5, 5.41) is 9.51. The fourth-order valence-electron chi connectivity index (χ4n) is 4.86. The molecule has 4 nitrogen and oxygen atoms in total. The van der Waals surface area contributed by atoms with Crippen LogP contribution in [0.1, 0.15) is 58.3 Å². The van der Waals surface area contributed by atoms with Crippen LogP contribution in [0.3, 0.4) is 0 Å². The van der Waals surface area contributed by atoms with E-state index in [0.717, 1.165) is 25.6 Å². The van der Waals surface area contributed by atoms with E-state index in [4.69, 9.17) is 4.74 Å². The van der Waals surface area contributed by atoms with Crippen molar-refractivity contribution < 1.29 is 9.84 Å². The van der Waals surface area contributed by atoms with E-state index in [2.05, 4.69) is 16.7 Å². The lowest BCUT2D eigenvalue weighted by atomic mass is 9.88. The summed E-state index contributed by atoms with van der Waals surface area (Å²) in [4.78, 5) is 5.16. The monoisotopic (exact) mass is 324 g/mol. The minimum absolute atomic E-state index is 0.329. The topological polar surface area (TPSA) is 35.9 Å². The van der Waals surface area contributed by atoms with Crippen molar-refractivity contribution in [3.8, 4) is 0 Å². The van der Waals surface area contributed by atoms with E-state index in [-0.39, 0.29) is 0 Å². The number of rotatable bonds is 7. The second kappa shape index (κ2) is 8.80. The average molecular weight is 325 g/mol. The lowest BCUT2D eigenvalue weighted by Crippen LogP contribution is -2.44. The maximum Gasteiger partial charge on any atom is 0.0601 e. The van der Waals surface area contributed by atoms with Crippen molar-refractivity contribution >= 4 is 0 Å². The molecule has 2 heterocycles. The van der Waals surface area contributed by atoms with Gasteiger partial charge in [-0.2, -0.15) is 0 Å². The highest BCUT2D eigenvalue weighted by atomic mass is 16.5. The van der Waals surface area contributed by atoms with E-state index in [9.17, 15) is 5.11 Å². The summed E-state index contributed by atoms with van der Waals surface area (Å²) in [6.07, 6.45) is 10.9. The van der Waals surface area contributed by atoms with Crippen molar-refractivity contribution in [1.29, 1.82) is 0 Å². The van der Waals surface area contributed by atoms with Gasteiger partial charge < -0.3 is 9.84 Å². The summed E-state index contributed by atoms with van der Waals surface area (Å²) in [7, 11) is 0. The van der Waals surface area contributed by atoms with Gasteiger partial charge in [-0.1, -0.05) is 19.8 Å². The maximum atomic E-state index is 9.51. The number of nitrogens with zero attached hydrogens (tertiary/aromatic N) is 2. The Labute approximate surface area is 142 Å². The van der Waals surface area contributed by atoms with E-state index in [1.54, 1.807) is 0 Å². The molecule has 0 aromatic heterocycles. The molecular weight excluding hydrogens is 288 g/mol. The molecule has 3 aliphatic rings. The van der Waals surface area contributed by atoms with Crippen molar-refractivity contribution in [1.82, 2.24) is 9.80 Å². The van der Waals surface area contributed by atoms with Gasteiger partial charge in [0, 0.05) is 25.2 Å². The Bertz CT molecular complexity index is 352. The van der Waals surface area contributed by atoms with Crippen LogP contribution < -0.4 is 0 Å². The molecule has 0 aromatic rings. The molecule has 134 valence electrons. The highest BCUT2D eigenvalue weighted by Crippen LogP contribution is 2.27.